The zero-order valence-corrected chi connectivity index (χ0v) is 19.0. The summed E-state index contributed by atoms with van der Waals surface area (Å²) in [5.74, 6) is 3.06. The van der Waals surface area contributed by atoms with Crippen molar-refractivity contribution in [2.45, 2.75) is 6.54 Å². The highest BCUT2D eigenvalue weighted by atomic mass is 127. The number of fused-ring (bicyclic) bond motifs is 1. The number of aromatic nitrogens is 3. The molecular weight excluding hydrogens is 501 g/mol. The summed E-state index contributed by atoms with van der Waals surface area (Å²) in [4.78, 5) is 4.12. The van der Waals surface area contributed by atoms with E-state index < -0.39 is 10.0 Å². The predicted molar refractivity (Wildman–Crippen MR) is 119 cm³/mol. The summed E-state index contributed by atoms with van der Waals surface area (Å²) in [5, 5.41) is 14.4. The summed E-state index contributed by atoms with van der Waals surface area (Å²) in [5.41, 5.74) is 0.776. The fourth-order valence-corrected chi connectivity index (χ4v) is 5.14. The molecule has 1 saturated heterocycles. The second-order valence-electron chi connectivity index (χ2n) is 5.73. The lowest BCUT2D eigenvalue weighted by Gasteiger charge is -2.25. The quantitative estimate of drug-likeness (QED) is 0.320. The Morgan fingerprint density at radius 2 is 2.04 bits per heavy atom. The van der Waals surface area contributed by atoms with Crippen molar-refractivity contribution in [1.82, 2.24) is 29.5 Å². The molecule has 0 aromatic carbocycles. The third kappa shape index (κ3) is 5.93. The fourth-order valence-electron chi connectivity index (χ4n) is 2.65. The number of aliphatic imine (C=N–C) groups is 1. The van der Waals surface area contributed by atoms with Gasteiger partial charge in [0.2, 0.25) is 10.0 Å². The number of sulfonamides is 1. The van der Waals surface area contributed by atoms with Gasteiger partial charge >= 0.3 is 0 Å². The van der Waals surface area contributed by atoms with Crippen LogP contribution in [0.1, 0.15) is 5.82 Å². The van der Waals surface area contributed by atoms with Crippen LogP contribution in [0.2, 0.25) is 0 Å². The number of thioether (sulfide) groups is 1. The van der Waals surface area contributed by atoms with Gasteiger partial charge in [-0.2, -0.15) is 11.8 Å². The molecule has 150 valence electrons. The molecule has 2 N–H and O–H groups in total. The van der Waals surface area contributed by atoms with Gasteiger partial charge in [-0.05, 0) is 12.1 Å². The molecule has 9 nitrogen and oxygen atoms in total. The largest absolute Gasteiger partial charge is 0.355 e. The van der Waals surface area contributed by atoms with Gasteiger partial charge in [-0.25, -0.2) is 12.7 Å². The van der Waals surface area contributed by atoms with Gasteiger partial charge in [-0.1, -0.05) is 6.07 Å². The summed E-state index contributed by atoms with van der Waals surface area (Å²) in [6, 6.07) is 5.70. The van der Waals surface area contributed by atoms with E-state index in [9.17, 15) is 8.42 Å². The average molecular weight is 525 g/mol. The molecule has 0 saturated carbocycles. The molecule has 2 aromatic rings. The molecule has 0 aliphatic carbocycles. The minimum absolute atomic E-state index is 0. The zero-order chi connectivity index (χ0) is 18.4. The molecule has 3 rings (SSSR count). The number of nitrogens with zero attached hydrogens (tertiary/aromatic N) is 5. The van der Waals surface area contributed by atoms with Crippen LogP contribution in [-0.2, 0) is 16.6 Å². The van der Waals surface area contributed by atoms with Crippen molar-refractivity contribution in [1.29, 1.82) is 0 Å². The number of rotatable bonds is 6. The van der Waals surface area contributed by atoms with E-state index >= 15 is 0 Å². The zero-order valence-electron chi connectivity index (χ0n) is 15.0. The van der Waals surface area contributed by atoms with Crippen molar-refractivity contribution in [3.05, 3.63) is 30.2 Å². The number of guanidine groups is 1. The lowest BCUT2D eigenvalue weighted by Crippen LogP contribution is -2.44. The third-order valence-electron chi connectivity index (χ3n) is 4.04. The number of halogens is 1. The molecule has 0 spiro atoms. The van der Waals surface area contributed by atoms with E-state index in [2.05, 4.69) is 25.8 Å². The molecule has 1 fully saturated rings. The fraction of sp³-hybridized carbons (Fsp3) is 0.533. The van der Waals surface area contributed by atoms with E-state index in [-0.39, 0.29) is 29.7 Å². The Kier molecular flexibility index (Phi) is 8.57. The molecule has 0 amide bonds. The Balaban J connectivity index is 0.00000261. The molecular formula is C15H24IN7O2S2. The van der Waals surface area contributed by atoms with E-state index in [0.717, 1.165) is 23.0 Å². The van der Waals surface area contributed by atoms with Crippen molar-refractivity contribution < 1.29 is 8.42 Å². The van der Waals surface area contributed by atoms with Crippen LogP contribution >= 0.6 is 35.7 Å². The van der Waals surface area contributed by atoms with E-state index in [1.807, 2.05) is 28.8 Å². The molecule has 1 aliphatic heterocycles. The lowest BCUT2D eigenvalue weighted by atomic mass is 10.4. The summed E-state index contributed by atoms with van der Waals surface area (Å²) in [7, 11) is -1.58. The highest BCUT2D eigenvalue weighted by Crippen LogP contribution is 2.13. The monoisotopic (exact) mass is 525 g/mol. The second kappa shape index (κ2) is 10.4. The Morgan fingerprint density at radius 1 is 1.26 bits per heavy atom. The number of pyridine rings is 1. The van der Waals surface area contributed by atoms with Gasteiger partial charge in [0.1, 0.15) is 0 Å². The maximum Gasteiger partial charge on any atom is 0.215 e. The van der Waals surface area contributed by atoms with Gasteiger partial charge in [0.25, 0.3) is 0 Å². The van der Waals surface area contributed by atoms with Gasteiger partial charge in [0, 0.05) is 44.4 Å². The van der Waals surface area contributed by atoms with Crippen molar-refractivity contribution in [2.75, 3.05) is 43.9 Å². The minimum atomic E-state index is -3.23. The Labute approximate surface area is 180 Å². The Hall–Kier alpha value is -1.12. The molecule has 0 unspecified atom stereocenters. The van der Waals surface area contributed by atoms with Crippen LogP contribution < -0.4 is 10.6 Å². The topological polar surface area (TPSA) is 104 Å². The first kappa shape index (κ1) is 22.2. The van der Waals surface area contributed by atoms with E-state index in [4.69, 9.17) is 0 Å². The number of hydrogen-bond donors (Lipinski definition) is 2. The van der Waals surface area contributed by atoms with Gasteiger partial charge < -0.3 is 10.6 Å². The number of hydrogen-bond acceptors (Lipinski definition) is 6. The van der Waals surface area contributed by atoms with Crippen LogP contribution in [0, 0.1) is 0 Å². The van der Waals surface area contributed by atoms with Crippen LogP contribution in [0.15, 0.2) is 29.4 Å². The molecule has 1 aliphatic rings. The van der Waals surface area contributed by atoms with E-state index in [1.54, 1.807) is 23.1 Å². The van der Waals surface area contributed by atoms with E-state index in [0.29, 0.717) is 32.1 Å². The van der Waals surface area contributed by atoms with Crippen LogP contribution in [0.25, 0.3) is 5.65 Å². The highest BCUT2D eigenvalue weighted by Gasteiger charge is 2.23. The van der Waals surface area contributed by atoms with Crippen molar-refractivity contribution in [3.63, 3.8) is 0 Å². The maximum absolute atomic E-state index is 12.3. The average Bonchev–Trinajstić information content (AvgIpc) is 3.08. The van der Waals surface area contributed by atoms with Crippen LogP contribution in [0.3, 0.4) is 0 Å². The normalized spacial score (nSPS) is 16.1. The summed E-state index contributed by atoms with van der Waals surface area (Å²) in [6.07, 6.45) is 1.89. The van der Waals surface area contributed by atoms with Gasteiger partial charge in [0.05, 0.1) is 12.3 Å². The van der Waals surface area contributed by atoms with Crippen LogP contribution in [0.4, 0.5) is 0 Å². The van der Waals surface area contributed by atoms with Crippen molar-refractivity contribution in [3.8, 4) is 0 Å². The van der Waals surface area contributed by atoms with Gasteiger partial charge in [-0.15, -0.1) is 34.2 Å². The highest BCUT2D eigenvalue weighted by molar-refractivity contribution is 14.0. The second-order valence-corrected chi connectivity index (χ2v) is 9.04. The minimum Gasteiger partial charge on any atom is -0.355 e. The van der Waals surface area contributed by atoms with Gasteiger partial charge in [0.15, 0.2) is 17.4 Å². The third-order valence-corrected chi connectivity index (χ3v) is 6.85. The van der Waals surface area contributed by atoms with Crippen LogP contribution in [-0.4, -0.2) is 77.2 Å². The summed E-state index contributed by atoms with van der Waals surface area (Å²) < 4.78 is 28.1. The molecule has 2 aromatic heterocycles. The van der Waals surface area contributed by atoms with Crippen molar-refractivity contribution in [2.24, 2.45) is 4.99 Å². The molecule has 0 bridgehead atoms. The maximum atomic E-state index is 12.3. The SMILES string of the molecule is CN=C(NCCS(=O)(=O)N1CCSCC1)NCc1nnc2ccccn12.I. The summed E-state index contributed by atoms with van der Waals surface area (Å²) >= 11 is 1.79. The molecule has 0 radical (unpaired) electrons. The van der Waals surface area contributed by atoms with Gasteiger partial charge in [-0.3, -0.25) is 9.39 Å². The van der Waals surface area contributed by atoms with E-state index in [1.165, 1.54) is 0 Å². The molecule has 12 heteroatoms. The van der Waals surface area contributed by atoms with Crippen molar-refractivity contribution >= 4 is 57.4 Å². The predicted octanol–water partition coefficient (Wildman–Crippen LogP) is 0.391. The Bertz CT molecular complexity index is 866. The number of nitrogens with one attached hydrogen (secondary N) is 2. The molecule has 3 heterocycles. The standard InChI is InChI=1S/C15H23N7O2S2.HI/c1-16-15(17-5-11-26(23,24)21-7-9-25-10-8-21)18-12-14-20-19-13-4-2-3-6-22(13)14;/h2-4,6H,5,7-12H2,1H3,(H2,16,17,18);1H. The first-order valence-electron chi connectivity index (χ1n) is 8.39. The smallest absolute Gasteiger partial charge is 0.215 e. The first-order valence-corrected chi connectivity index (χ1v) is 11.2. The summed E-state index contributed by atoms with van der Waals surface area (Å²) in [6.45, 7) is 1.92. The Morgan fingerprint density at radius 3 is 2.78 bits per heavy atom. The first-order chi connectivity index (χ1) is 12.6. The molecule has 0 atom stereocenters. The van der Waals surface area contributed by atoms with Crippen LogP contribution in [0.5, 0.6) is 0 Å². The lowest BCUT2D eigenvalue weighted by molar-refractivity contribution is 0.443. The molecule has 27 heavy (non-hydrogen) atoms.